The van der Waals surface area contributed by atoms with Gasteiger partial charge in [-0.25, -0.2) is 8.78 Å². The maximum Gasteiger partial charge on any atom is 0.302 e. The van der Waals surface area contributed by atoms with Crippen LogP contribution in [0.3, 0.4) is 0 Å². The topological polar surface area (TPSA) is 281 Å². The molecule has 0 aromatic heterocycles. The second kappa shape index (κ2) is 13.1. The van der Waals surface area contributed by atoms with Crippen LogP contribution in [0.4, 0.5) is 8.78 Å². The molecule has 1 aliphatic carbocycles. The highest BCUT2D eigenvalue weighted by atomic mass is 19.3. The normalized spacial score (nSPS) is 52.5. The molecule has 0 amide bonds. The zero-order valence-corrected chi connectivity index (χ0v) is 22.3. The fourth-order valence-electron chi connectivity index (χ4n) is 5.61. The van der Waals surface area contributed by atoms with E-state index in [4.69, 9.17) is 51.4 Å². The predicted octanol–water partition coefficient (Wildman–Crippen LogP) is -5.50. The van der Waals surface area contributed by atoms with Crippen molar-refractivity contribution in [1.82, 2.24) is 0 Å². The van der Waals surface area contributed by atoms with Crippen LogP contribution in [0.5, 0.6) is 0 Å². The average Bonchev–Trinajstić information content (AvgIpc) is 3.21. The van der Waals surface area contributed by atoms with E-state index in [1.54, 1.807) is 0 Å². The van der Waals surface area contributed by atoms with E-state index in [0.717, 1.165) is 0 Å². The van der Waals surface area contributed by atoms with E-state index < -0.39 is 123 Å². The van der Waals surface area contributed by atoms with Gasteiger partial charge in [0.2, 0.25) is 0 Å². The summed E-state index contributed by atoms with van der Waals surface area (Å²) in [6.45, 7) is 0.236. The van der Waals surface area contributed by atoms with Crippen molar-refractivity contribution in [2.75, 3.05) is 13.2 Å². The fraction of sp³-hybridized carbons (Fsp3) is 1.00. The summed E-state index contributed by atoms with van der Waals surface area (Å²) in [5.74, 6) is -3.76. The van der Waals surface area contributed by atoms with Gasteiger partial charge in [-0.2, -0.15) is 0 Å². The zero-order chi connectivity index (χ0) is 30.4. The third-order valence-electron chi connectivity index (χ3n) is 8.12. The molecule has 240 valence electrons. The number of nitrogens with two attached hydrogens (primary N) is 4. The maximum atomic E-state index is 14.4. The molecule has 4 aliphatic rings. The Labute approximate surface area is 234 Å². The molecule has 0 spiro atoms. The molecular formula is C23H42F2N4O12. The first-order valence-corrected chi connectivity index (χ1v) is 13.5. The Kier molecular flexibility index (Phi) is 10.6. The van der Waals surface area contributed by atoms with Crippen LogP contribution in [-0.4, -0.2) is 154 Å². The number of aliphatic hydroxyl groups is 6. The minimum absolute atomic E-state index is 0.0111. The second-order valence-electron chi connectivity index (χ2n) is 11.1. The van der Waals surface area contributed by atoms with Gasteiger partial charge in [0.1, 0.15) is 48.8 Å². The summed E-state index contributed by atoms with van der Waals surface area (Å²) in [6.07, 6.45) is -19.9. The molecule has 41 heavy (non-hydrogen) atoms. The number of rotatable bonds is 8. The average molecular weight is 605 g/mol. The third kappa shape index (κ3) is 6.53. The third-order valence-corrected chi connectivity index (χ3v) is 8.12. The maximum absolute atomic E-state index is 14.4. The Morgan fingerprint density at radius 1 is 0.805 bits per heavy atom. The minimum atomic E-state index is -3.76. The highest BCUT2D eigenvalue weighted by Gasteiger charge is 2.58. The van der Waals surface area contributed by atoms with Crippen LogP contribution in [0.1, 0.15) is 19.8 Å². The summed E-state index contributed by atoms with van der Waals surface area (Å²) in [7, 11) is 0. The summed E-state index contributed by atoms with van der Waals surface area (Å²) < 4.78 is 62.6. The molecule has 16 nitrogen and oxygen atoms in total. The quantitative estimate of drug-likeness (QED) is 0.124. The van der Waals surface area contributed by atoms with Crippen molar-refractivity contribution in [2.24, 2.45) is 22.9 Å². The highest BCUT2D eigenvalue weighted by molar-refractivity contribution is 5.03. The van der Waals surface area contributed by atoms with E-state index in [1.807, 2.05) is 0 Å². The lowest BCUT2D eigenvalue weighted by Crippen LogP contribution is -2.69. The van der Waals surface area contributed by atoms with E-state index in [-0.39, 0.29) is 12.8 Å². The highest BCUT2D eigenvalue weighted by Crippen LogP contribution is 2.37. The van der Waals surface area contributed by atoms with Crippen LogP contribution in [0.25, 0.3) is 0 Å². The number of aliphatic hydroxyl groups excluding tert-OH is 6. The van der Waals surface area contributed by atoms with Crippen molar-refractivity contribution < 1.29 is 67.8 Å². The van der Waals surface area contributed by atoms with Gasteiger partial charge in [-0.15, -0.1) is 0 Å². The molecule has 4 rings (SSSR count). The Morgan fingerprint density at radius 2 is 1.46 bits per heavy atom. The standard InChI is InChI=1S/C23H42F2N4O12/c1-6-14(32)9(31)3-12(36-6)39-18-10(5-30)37-22(16(18)34)41-19-15(33)7(27)2-8(28)17(19)40-21-13(29)20(35)23(24,25)11(4-26)38-21/h6-22,30-35H,2-5,26-29H2,1H3/t6-,7+,8-,9+,10+,11+,12+,13+,14+,15-,16+,17+,18+,19+,20+,21+,22-/m0/s1. The number of alkyl halides is 2. The van der Waals surface area contributed by atoms with Crippen molar-refractivity contribution in [2.45, 2.75) is 130 Å². The van der Waals surface area contributed by atoms with Crippen LogP contribution in [-0.2, 0) is 28.4 Å². The molecule has 0 aromatic rings. The van der Waals surface area contributed by atoms with Crippen LogP contribution >= 0.6 is 0 Å². The number of hydrogen-bond donors (Lipinski definition) is 10. The molecule has 3 heterocycles. The number of ether oxygens (including phenoxy) is 6. The van der Waals surface area contributed by atoms with Crippen LogP contribution in [0.15, 0.2) is 0 Å². The van der Waals surface area contributed by atoms with E-state index >= 15 is 0 Å². The molecule has 14 N–H and O–H groups in total. The van der Waals surface area contributed by atoms with Crippen LogP contribution < -0.4 is 22.9 Å². The predicted molar refractivity (Wildman–Crippen MR) is 131 cm³/mol. The summed E-state index contributed by atoms with van der Waals surface area (Å²) in [4.78, 5) is 0. The molecule has 3 aliphatic heterocycles. The van der Waals surface area contributed by atoms with Gasteiger partial charge in [0.25, 0.3) is 0 Å². The van der Waals surface area contributed by atoms with E-state index in [1.165, 1.54) is 6.92 Å². The molecular weight excluding hydrogens is 562 g/mol. The van der Waals surface area contributed by atoms with Gasteiger partial charge in [-0.05, 0) is 13.3 Å². The Morgan fingerprint density at radius 3 is 2.07 bits per heavy atom. The molecule has 0 aromatic carbocycles. The van der Waals surface area contributed by atoms with Crippen molar-refractivity contribution in [3.05, 3.63) is 0 Å². The van der Waals surface area contributed by atoms with Gasteiger partial charge in [0, 0.05) is 25.0 Å². The van der Waals surface area contributed by atoms with E-state index in [2.05, 4.69) is 0 Å². The Hall–Kier alpha value is -0.780. The molecule has 1 saturated carbocycles. The first-order chi connectivity index (χ1) is 19.2. The smallest absolute Gasteiger partial charge is 0.302 e. The SMILES string of the molecule is C[C@@H]1O[C@H](O[C@H]2[C@@H](O)[C@H](O[C@@H]3[C@@H](O)[C@H](N)C[C@H](N)[C@H]3O[C@H]3O[C@H](CN)C(F)(F)[C@H](O)[C@H]3N)O[C@@H]2CO)C[C@@H](O)[C@@H]1O. The molecule has 17 atom stereocenters. The lowest BCUT2D eigenvalue weighted by Gasteiger charge is -2.47. The molecule has 3 saturated heterocycles. The van der Waals surface area contributed by atoms with Gasteiger partial charge >= 0.3 is 5.92 Å². The van der Waals surface area contributed by atoms with E-state index in [0.29, 0.717) is 0 Å². The first kappa shape index (κ1) is 33.1. The number of halogens is 2. The van der Waals surface area contributed by atoms with Crippen molar-refractivity contribution in [1.29, 1.82) is 0 Å². The zero-order valence-electron chi connectivity index (χ0n) is 22.3. The monoisotopic (exact) mass is 604 g/mol. The van der Waals surface area contributed by atoms with Gasteiger partial charge in [-0.1, -0.05) is 0 Å². The summed E-state index contributed by atoms with van der Waals surface area (Å²) in [6, 6.07) is -3.61. The van der Waals surface area contributed by atoms with Gasteiger partial charge in [0.05, 0.1) is 31.0 Å². The fourth-order valence-corrected chi connectivity index (χ4v) is 5.61. The van der Waals surface area contributed by atoms with Crippen LogP contribution in [0.2, 0.25) is 0 Å². The lowest BCUT2D eigenvalue weighted by atomic mass is 9.84. The molecule has 18 heteroatoms. The largest absolute Gasteiger partial charge is 0.394 e. The summed E-state index contributed by atoms with van der Waals surface area (Å²) >= 11 is 0. The van der Waals surface area contributed by atoms with Crippen molar-refractivity contribution in [3.8, 4) is 0 Å². The molecule has 0 unspecified atom stereocenters. The van der Waals surface area contributed by atoms with Crippen molar-refractivity contribution >= 4 is 0 Å². The van der Waals surface area contributed by atoms with E-state index in [9.17, 15) is 39.4 Å². The Balaban J connectivity index is 1.49. The van der Waals surface area contributed by atoms with Crippen molar-refractivity contribution in [3.63, 3.8) is 0 Å². The van der Waals surface area contributed by atoms with Crippen LogP contribution in [0, 0.1) is 0 Å². The molecule has 0 radical (unpaired) electrons. The van der Waals surface area contributed by atoms with Gasteiger partial charge < -0.3 is 82.0 Å². The summed E-state index contributed by atoms with van der Waals surface area (Å²) in [5.41, 5.74) is 23.5. The molecule has 0 bridgehead atoms. The second-order valence-corrected chi connectivity index (χ2v) is 11.1. The van der Waals surface area contributed by atoms with Gasteiger partial charge in [-0.3, -0.25) is 0 Å². The Bertz CT molecular complexity index is 855. The lowest BCUT2D eigenvalue weighted by molar-refractivity contribution is -0.333. The molecule has 4 fully saturated rings. The first-order valence-electron chi connectivity index (χ1n) is 13.5. The number of hydrogen-bond acceptors (Lipinski definition) is 16. The minimum Gasteiger partial charge on any atom is -0.394 e. The van der Waals surface area contributed by atoms with Gasteiger partial charge in [0.15, 0.2) is 18.9 Å². The summed E-state index contributed by atoms with van der Waals surface area (Å²) in [5, 5.41) is 61.8.